The van der Waals surface area contributed by atoms with E-state index in [0.717, 1.165) is 28.0 Å². The van der Waals surface area contributed by atoms with Gasteiger partial charge in [-0.25, -0.2) is 4.68 Å². The summed E-state index contributed by atoms with van der Waals surface area (Å²) < 4.78 is 1.73. The van der Waals surface area contributed by atoms with Crippen LogP contribution in [0.25, 0.3) is 5.69 Å². The van der Waals surface area contributed by atoms with Gasteiger partial charge in [0.05, 0.1) is 23.1 Å². The fourth-order valence-electron chi connectivity index (χ4n) is 2.73. The van der Waals surface area contributed by atoms with Gasteiger partial charge in [-0.15, -0.1) is 0 Å². The Morgan fingerprint density at radius 1 is 1.17 bits per heavy atom. The third kappa shape index (κ3) is 4.99. The van der Waals surface area contributed by atoms with Gasteiger partial charge in [-0.3, -0.25) is 9.59 Å². The Kier molecular flexibility index (Phi) is 6.61. The van der Waals surface area contributed by atoms with Crippen LogP contribution in [0.15, 0.2) is 59.6 Å². The van der Waals surface area contributed by atoms with Crippen LogP contribution in [0.1, 0.15) is 23.0 Å². The van der Waals surface area contributed by atoms with E-state index < -0.39 is 0 Å². The Morgan fingerprint density at radius 2 is 1.90 bits per heavy atom. The number of hydrogen-bond acceptors (Lipinski definition) is 4. The molecule has 2 aromatic carbocycles. The van der Waals surface area contributed by atoms with E-state index in [0.29, 0.717) is 22.7 Å². The fraction of sp³-hybridized carbons (Fsp3) is 0.190. The highest BCUT2D eigenvalue weighted by atomic mass is 35.5. The minimum absolute atomic E-state index is 0.0530. The number of rotatable bonds is 5. The van der Waals surface area contributed by atoms with Crippen molar-refractivity contribution in [1.29, 1.82) is 0 Å². The lowest BCUT2D eigenvalue weighted by atomic mass is 10.2. The van der Waals surface area contributed by atoms with Crippen molar-refractivity contribution in [2.75, 3.05) is 19.4 Å². The van der Waals surface area contributed by atoms with Crippen molar-refractivity contribution in [2.45, 2.75) is 18.2 Å². The second-order valence-corrected chi connectivity index (χ2v) is 7.95. The smallest absolute Gasteiger partial charge is 0.285 e. The summed E-state index contributed by atoms with van der Waals surface area (Å²) in [6, 6.07) is 14.5. The molecule has 0 atom stereocenters. The number of carbonyl (C=O) groups excluding carboxylic acids is 2. The highest BCUT2D eigenvalue weighted by Gasteiger charge is 2.17. The number of carbonyl (C=O) groups is 2. The molecular formula is C21H21ClN4O2S. The van der Waals surface area contributed by atoms with Crippen molar-refractivity contribution in [3.63, 3.8) is 0 Å². The predicted octanol–water partition coefficient (Wildman–Crippen LogP) is 5.11. The first-order valence-corrected chi connectivity index (χ1v) is 10.2. The van der Waals surface area contributed by atoms with E-state index in [4.69, 9.17) is 11.6 Å². The second-order valence-electron chi connectivity index (χ2n) is 6.49. The number of thioether (sulfide) groups is 1. The number of nitrogens with zero attached hydrogens (tertiary/aromatic N) is 3. The zero-order valence-electron chi connectivity index (χ0n) is 16.3. The van der Waals surface area contributed by atoms with Gasteiger partial charge >= 0.3 is 0 Å². The Hall–Kier alpha value is -2.77. The molecule has 1 N–H and O–H groups in total. The Balaban J connectivity index is 1.77. The lowest BCUT2D eigenvalue weighted by molar-refractivity contribution is 0.102. The van der Waals surface area contributed by atoms with Crippen molar-refractivity contribution in [3.8, 4) is 5.69 Å². The van der Waals surface area contributed by atoms with Gasteiger partial charge in [-0.2, -0.15) is 5.10 Å². The maximum absolute atomic E-state index is 12.8. The molecule has 1 heterocycles. The SMILES string of the molecule is CCc1c(C(=O)Nc2ccc(SC(=O)N(C)C)cc2)cnn1-c1cccc(Cl)c1. The van der Waals surface area contributed by atoms with Gasteiger partial charge in [0.2, 0.25) is 0 Å². The van der Waals surface area contributed by atoms with Crippen LogP contribution in [0, 0.1) is 0 Å². The van der Waals surface area contributed by atoms with E-state index in [1.807, 2.05) is 19.1 Å². The normalized spacial score (nSPS) is 10.6. The van der Waals surface area contributed by atoms with Crippen LogP contribution in [0.3, 0.4) is 0 Å². The summed E-state index contributed by atoms with van der Waals surface area (Å²) in [6.45, 7) is 1.97. The Labute approximate surface area is 178 Å². The van der Waals surface area contributed by atoms with Crippen molar-refractivity contribution < 1.29 is 9.59 Å². The molecule has 3 aromatic rings. The minimum atomic E-state index is -0.236. The molecule has 150 valence electrons. The van der Waals surface area contributed by atoms with Crippen molar-refractivity contribution in [3.05, 3.63) is 71.0 Å². The summed E-state index contributed by atoms with van der Waals surface area (Å²) in [7, 11) is 3.41. The van der Waals surface area contributed by atoms with E-state index in [1.54, 1.807) is 61.4 Å². The molecule has 0 bridgehead atoms. The molecule has 0 radical (unpaired) electrons. The molecule has 8 heteroatoms. The maximum atomic E-state index is 12.8. The Bertz CT molecular complexity index is 1030. The van der Waals surface area contributed by atoms with Gasteiger partial charge in [0.25, 0.3) is 11.1 Å². The van der Waals surface area contributed by atoms with E-state index in [-0.39, 0.29) is 11.1 Å². The zero-order valence-corrected chi connectivity index (χ0v) is 17.9. The van der Waals surface area contributed by atoms with E-state index >= 15 is 0 Å². The standard InChI is InChI=1S/C21H21ClN4O2S/c1-4-19-18(13-23-26(19)16-7-5-6-14(22)12-16)20(27)24-15-8-10-17(11-9-15)29-21(28)25(2)3/h5-13H,4H2,1-3H3,(H,24,27). The third-order valence-electron chi connectivity index (χ3n) is 4.18. The topological polar surface area (TPSA) is 67.2 Å². The van der Waals surface area contributed by atoms with Gasteiger partial charge in [-0.1, -0.05) is 24.6 Å². The number of benzene rings is 2. The van der Waals surface area contributed by atoms with Crippen LogP contribution < -0.4 is 5.32 Å². The largest absolute Gasteiger partial charge is 0.339 e. The summed E-state index contributed by atoms with van der Waals surface area (Å²) in [6.07, 6.45) is 2.20. The first kappa shape index (κ1) is 21.0. The summed E-state index contributed by atoms with van der Waals surface area (Å²) in [5.41, 5.74) is 2.76. The average Bonchev–Trinajstić information content (AvgIpc) is 3.13. The molecule has 0 spiro atoms. The predicted molar refractivity (Wildman–Crippen MR) is 117 cm³/mol. The lowest BCUT2D eigenvalue weighted by Crippen LogP contribution is -2.16. The number of anilines is 1. The van der Waals surface area contributed by atoms with Gasteiger partial charge in [0.1, 0.15) is 0 Å². The molecule has 6 nitrogen and oxygen atoms in total. The molecule has 0 saturated carbocycles. The first-order valence-electron chi connectivity index (χ1n) is 9.02. The third-order valence-corrected chi connectivity index (χ3v) is 5.47. The van der Waals surface area contributed by atoms with Crippen LogP contribution in [0.4, 0.5) is 10.5 Å². The van der Waals surface area contributed by atoms with Crippen LogP contribution >= 0.6 is 23.4 Å². The molecule has 0 aliphatic carbocycles. The summed E-state index contributed by atoms with van der Waals surface area (Å²) in [5.74, 6) is -0.236. The molecule has 3 rings (SSSR count). The molecule has 29 heavy (non-hydrogen) atoms. The second kappa shape index (κ2) is 9.15. The maximum Gasteiger partial charge on any atom is 0.285 e. The quantitative estimate of drug-likeness (QED) is 0.573. The van der Waals surface area contributed by atoms with Gasteiger partial charge in [0, 0.05) is 29.7 Å². The molecule has 1 aromatic heterocycles. The lowest BCUT2D eigenvalue weighted by Gasteiger charge is -2.10. The zero-order chi connectivity index (χ0) is 21.0. The highest BCUT2D eigenvalue weighted by molar-refractivity contribution is 8.13. The van der Waals surface area contributed by atoms with Crippen LogP contribution in [0.5, 0.6) is 0 Å². The molecule has 0 unspecified atom stereocenters. The number of halogens is 1. The molecular weight excluding hydrogens is 408 g/mol. The molecule has 0 saturated heterocycles. The van der Waals surface area contributed by atoms with Crippen molar-refractivity contribution in [2.24, 2.45) is 0 Å². The van der Waals surface area contributed by atoms with Gasteiger partial charge in [0.15, 0.2) is 0 Å². The molecule has 0 fully saturated rings. The number of aromatic nitrogens is 2. The minimum Gasteiger partial charge on any atom is -0.339 e. The van der Waals surface area contributed by atoms with Crippen LogP contribution in [0.2, 0.25) is 5.02 Å². The monoisotopic (exact) mass is 428 g/mol. The number of nitrogens with one attached hydrogen (secondary N) is 1. The van der Waals surface area contributed by atoms with Gasteiger partial charge in [-0.05, 0) is 60.6 Å². The molecule has 0 aliphatic heterocycles. The Morgan fingerprint density at radius 3 is 2.52 bits per heavy atom. The van der Waals surface area contributed by atoms with Crippen molar-refractivity contribution >= 4 is 40.2 Å². The highest BCUT2D eigenvalue weighted by Crippen LogP contribution is 2.24. The number of amides is 2. The summed E-state index contributed by atoms with van der Waals surface area (Å²) in [4.78, 5) is 26.9. The van der Waals surface area contributed by atoms with Crippen molar-refractivity contribution in [1.82, 2.24) is 14.7 Å². The van der Waals surface area contributed by atoms with Crippen LogP contribution in [-0.2, 0) is 6.42 Å². The first-order chi connectivity index (χ1) is 13.9. The number of hydrogen-bond donors (Lipinski definition) is 1. The fourth-order valence-corrected chi connectivity index (χ4v) is 3.57. The van der Waals surface area contributed by atoms with E-state index in [1.165, 1.54) is 4.90 Å². The molecule has 0 aliphatic rings. The summed E-state index contributed by atoms with van der Waals surface area (Å²) >= 11 is 7.22. The van der Waals surface area contributed by atoms with Crippen LogP contribution in [-0.4, -0.2) is 39.9 Å². The average molecular weight is 429 g/mol. The van der Waals surface area contributed by atoms with E-state index in [2.05, 4.69) is 10.4 Å². The van der Waals surface area contributed by atoms with Gasteiger partial charge < -0.3 is 10.2 Å². The summed E-state index contributed by atoms with van der Waals surface area (Å²) in [5, 5.41) is 7.82. The molecule has 2 amide bonds. The van der Waals surface area contributed by atoms with E-state index in [9.17, 15) is 9.59 Å².